The van der Waals surface area contributed by atoms with Crippen molar-refractivity contribution in [3.8, 4) is 11.5 Å². The lowest BCUT2D eigenvalue weighted by Crippen LogP contribution is -1.95. The van der Waals surface area contributed by atoms with E-state index in [1.54, 1.807) is 0 Å². The van der Waals surface area contributed by atoms with Gasteiger partial charge in [-0.1, -0.05) is 6.07 Å². The molecule has 3 heterocycles. The van der Waals surface area contributed by atoms with Gasteiger partial charge in [-0.3, -0.25) is 4.40 Å². The summed E-state index contributed by atoms with van der Waals surface area (Å²) < 4.78 is 1.91. The van der Waals surface area contributed by atoms with Gasteiger partial charge in [0, 0.05) is 18.1 Å². The second-order valence-corrected chi connectivity index (χ2v) is 4.23. The van der Waals surface area contributed by atoms with E-state index < -0.39 is 0 Å². The Kier molecular flexibility index (Phi) is 2.16. The number of hydrogen-bond donors (Lipinski definition) is 1. The summed E-state index contributed by atoms with van der Waals surface area (Å²) in [5, 5.41) is 11.1. The lowest BCUT2D eigenvalue weighted by molar-refractivity contribution is 1.02. The molecule has 6 heteroatoms. The molecule has 0 bridgehead atoms. The molecule has 0 amide bonds. The Morgan fingerprint density at radius 3 is 3.06 bits per heavy atom. The summed E-state index contributed by atoms with van der Waals surface area (Å²) in [4.78, 5) is 4.39. The van der Waals surface area contributed by atoms with Gasteiger partial charge in [-0.2, -0.15) is 0 Å². The van der Waals surface area contributed by atoms with Gasteiger partial charge in [-0.15, -0.1) is 21.5 Å². The summed E-state index contributed by atoms with van der Waals surface area (Å²) in [6.07, 6.45) is 1.92. The monoisotopic (exact) mass is 231 g/mol. The number of pyridine rings is 1. The van der Waals surface area contributed by atoms with E-state index in [2.05, 4.69) is 15.2 Å². The van der Waals surface area contributed by atoms with Crippen molar-refractivity contribution in [2.45, 2.75) is 6.54 Å². The van der Waals surface area contributed by atoms with Crippen LogP contribution >= 0.6 is 11.3 Å². The van der Waals surface area contributed by atoms with Crippen LogP contribution in [0.1, 0.15) is 5.01 Å². The molecule has 0 unspecified atom stereocenters. The van der Waals surface area contributed by atoms with Crippen LogP contribution in [-0.2, 0) is 6.54 Å². The number of fused-ring (bicyclic) bond motifs is 1. The molecule has 0 fully saturated rings. The van der Waals surface area contributed by atoms with Crippen molar-refractivity contribution in [1.29, 1.82) is 0 Å². The highest BCUT2D eigenvalue weighted by atomic mass is 32.1. The maximum Gasteiger partial charge on any atom is 0.187 e. The van der Waals surface area contributed by atoms with E-state index in [0.717, 1.165) is 22.2 Å². The fourth-order valence-corrected chi connectivity index (χ4v) is 2.18. The summed E-state index contributed by atoms with van der Waals surface area (Å²) in [5.41, 5.74) is 7.18. The Morgan fingerprint density at radius 1 is 1.31 bits per heavy atom. The molecule has 0 atom stereocenters. The van der Waals surface area contributed by atoms with Gasteiger partial charge < -0.3 is 5.73 Å². The van der Waals surface area contributed by atoms with Crippen LogP contribution in [0.4, 0.5) is 0 Å². The van der Waals surface area contributed by atoms with E-state index in [4.69, 9.17) is 5.73 Å². The minimum Gasteiger partial charge on any atom is -0.325 e. The molecule has 0 aliphatic heterocycles. The van der Waals surface area contributed by atoms with Gasteiger partial charge in [0.05, 0.1) is 0 Å². The van der Waals surface area contributed by atoms with Crippen molar-refractivity contribution >= 4 is 17.0 Å². The van der Waals surface area contributed by atoms with Crippen LogP contribution in [0.3, 0.4) is 0 Å². The van der Waals surface area contributed by atoms with Gasteiger partial charge in [-0.05, 0) is 12.1 Å². The van der Waals surface area contributed by atoms with Crippen LogP contribution in [0.15, 0.2) is 29.8 Å². The second kappa shape index (κ2) is 3.66. The lowest BCUT2D eigenvalue weighted by atomic mass is 10.4. The predicted octanol–water partition coefficient (Wildman–Crippen LogP) is 1.31. The van der Waals surface area contributed by atoms with Crippen LogP contribution in [-0.4, -0.2) is 19.6 Å². The van der Waals surface area contributed by atoms with Gasteiger partial charge in [0.25, 0.3) is 0 Å². The lowest BCUT2D eigenvalue weighted by Gasteiger charge is -1.94. The third-order valence-electron chi connectivity index (χ3n) is 2.27. The van der Waals surface area contributed by atoms with Crippen molar-refractivity contribution in [3.05, 3.63) is 34.8 Å². The molecular weight excluding hydrogens is 222 g/mol. The Balaban J connectivity index is 2.18. The zero-order valence-electron chi connectivity index (χ0n) is 8.37. The first-order chi connectivity index (χ1) is 7.88. The fourth-order valence-electron chi connectivity index (χ4n) is 1.52. The van der Waals surface area contributed by atoms with Gasteiger partial charge in [-0.25, -0.2) is 4.98 Å². The highest BCUT2D eigenvalue weighted by molar-refractivity contribution is 7.09. The predicted molar refractivity (Wildman–Crippen MR) is 62.0 cm³/mol. The SMILES string of the molecule is NCc1nc(-c2nnc3ccccn23)cs1. The van der Waals surface area contributed by atoms with Gasteiger partial charge in [0.15, 0.2) is 11.5 Å². The molecule has 2 N–H and O–H groups in total. The Labute approximate surface area is 95.6 Å². The zero-order valence-corrected chi connectivity index (χ0v) is 9.18. The van der Waals surface area contributed by atoms with Crippen LogP contribution in [0, 0.1) is 0 Å². The number of nitrogens with zero attached hydrogens (tertiary/aromatic N) is 4. The third kappa shape index (κ3) is 1.39. The Morgan fingerprint density at radius 2 is 2.25 bits per heavy atom. The average molecular weight is 231 g/mol. The van der Waals surface area contributed by atoms with Crippen LogP contribution < -0.4 is 5.73 Å². The molecule has 0 aliphatic carbocycles. The number of thiazole rings is 1. The molecule has 16 heavy (non-hydrogen) atoms. The molecular formula is C10H9N5S. The van der Waals surface area contributed by atoms with Gasteiger partial charge in [0.2, 0.25) is 0 Å². The van der Waals surface area contributed by atoms with Crippen molar-refractivity contribution in [2.75, 3.05) is 0 Å². The van der Waals surface area contributed by atoms with Crippen molar-refractivity contribution < 1.29 is 0 Å². The third-order valence-corrected chi connectivity index (χ3v) is 3.14. The molecule has 0 radical (unpaired) electrons. The summed E-state index contributed by atoms with van der Waals surface area (Å²) in [6, 6.07) is 5.78. The number of rotatable bonds is 2. The highest BCUT2D eigenvalue weighted by Crippen LogP contribution is 2.20. The Bertz CT molecular complexity index is 627. The largest absolute Gasteiger partial charge is 0.325 e. The standard InChI is InChI=1S/C10H9N5S/c11-5-9-12-7(6-16-9)10-14-13-8-3-1-2-4-15(8)10/h1-4,6H,5,11H2. The fraction of sp³-hybridized carbons (Fsp3) is 0.100. The molecule has 3 rings (SSSR count). The molecule has 5 nitrogen and oxygen atoms in total. The topological polar surface area (TPSA) is 69.1 Å². The summed E-state index contributed by atoms with van der Waals surface area (Å²) >= 11 is 1.54. The van der Waals surface area contributed by atoms with Crippen LogP contribution in [0.25, 0.3) is 17.2 Å². The van der Waals surface area contributed by atoms with Gasteiger partial charge >= 0.3 is 0 Å². The summed E-state index contributed by atoms with van der Waals surface area (Å²) in [6.45, 7) is 0.460. The normalized spacial score (nSPS) is 11.1. The van der Waals surface area contributed by atoms with E-state index in [1.807, 2.05) is 34.2 Å². The van der Waals surface area contributed by atoms with Crippen LogP contribution in [0.2, 0.25) is 0 Å². The smallest absolute Gasteiger partial charge is 0.187 e. The molecule has 0 aromatic carbocycles. The van der Waals surface area contributed by atoms with Crippen molar-refractivity contribution in [2.24, 2.45) is 5.73 Å². The molecule has 0 aliphatic rings. The molecule has 3 aromatic heterocycles. The van der Waals surface area contributed by atoms with E-state index in [9.17, 15) is 0 Å². The molecule has 0 saturated heterocycles. The summed E-state index contributed by atoms with van der Waals surface area (Å²) in [5.74, 6) is 0.756. The first kappa shape index (κ1) is 9.44. The van der Waals surface area contributed by atoms with E-state index in [-0.39, 0.29) is 0 Å². The van der Waals surface area contributed by atoms with Crippen molar-refractivity contribution in [1.82, 2.24) is 19.6 Å². The van der Waals surface area contributed by atoms with E-state index in [0.29, 0.717) is 6.54 Å². The molecule has 3 aromatic rings. The summed E-state index contributed by atoms with van der Waals surface area (Å²) in [7, 11) is 0. The van der Waals surface area contributed by atoms with Crippen molar-refractivity contribution in [3.63, 3.8) is 0 Å². The second-order valence-electron chi connectivity index (χ2n) is 3.28. The number of nitrogens with two attached hydrogens (primary N) is 1. The Hall–Kier alpha value is -1.79. The first-order valence-corrected chi connectivity index (χ1v) is 5.71. The number of hydrogen-bond acceptors (Lipinski definition) is 5. The van der Waals surface area contributed by atoms with Crippen LogP contribution in [0.5, 0.6) is 0 Å². The molecule has 0 spiro atoms. The quantitative estimate of drug-likeness (QED) is 0.722. The zero-order chi connectivity index (χ0) is 11.0. The first-order valence-electron chi connectivity index (χ1n) is 4.83. The minimum atomic E-state index is 0.460. The van der Waals surface area contributed by atoms with E-state index >= 15 is 0 Å². The maximum absolute atomic E-state index is 5.53. The average Bonchev–Trinajstić information content (AvgIpc) is 2.94. The minimum absolute atomic E-state index is 0.460. The molecule has 0 saturated carbocycles. The highest BCUT2D eigenvalue weighted by Gasteiger charge is 2.10. The maximum atomic E-state index is 5.53. The van der Waals surface area contributed by atoms with Gasteiger partial charge in [0.1, 0.15) is 10.7 Å². The molecule has 80 valence electrons. The van der Waals surface area contributed by atoms with E-state index in [1.165, 1.54) is 11.3 Å². The number of aromatic nitrogens is 4.